The summed E-state index contributed by atoms with van der Waals surface area (Å²) in [5.74, 6) is 0. The molecule has 0 fully saturated rings. The Kier molecular flexibility index (Phi) is 4.48. The fourth-order valence-electron chi connectivity index (χ4n) is 1.22. The first-order chi connectivity index (χ1) is 7.11. The Hall–Kier alpha value is -0.670. The highest BCUT2D eigenvalue weighted by atomic mass is 31.2. The fraction of sp³-hybridized carbons (Fsp3) is 0.400. The van der Waals surface area contributed by atoms with E-state index in [2.05, 4.69) is 0 Å². The summed E-state index contributed by atoms with van der Waals surface area (Å²) in [5, 5.41) is 9.79. The van der Waals surface area contributed by atoms with Crippen molar-refractivity contribution < 1.29 is 18.7 Å². The second kappa shape index (κ2) is 5.42. The Bertz CT molecular complexity index is 331. The predicted octanol–water partition coefficient (Wildman–Crippen LogP) is 2.21. The van der Waals surface area contributed by atoms with E-state index in [0.29, 0.717) is 5.56 Å². The van der Waals surface area contributed by atoms with E-state index in [4.69, 9.17) is 9.05 Å². The average molecular weight is 230 g/mol. The summed E-state index contributed by atoms with van der Waals surface area (Å²) in [6.07, 6.45) is -0.874. The molecule has 84 valence electrons. The lowest BCUT2D eigenvalue weighted by Gasteiger charge is -2.17. The Labute approximate surface area is 89.4 Å². The fourth-order valence-corrected chi connectivity index (χ4v) is 2.30. The largest absolute Gasteiger partial charge is 0.388 e. The molecule has 0 saturated heterocycles. The van der Waals surface area contributed by atoms with E-state index in [0.717, 1.165) is 0 Å². The van der Waals surface area contributed by atoms with Crippen molar-refractivity contribution in [2.24, 2.45) is 0 Å². The molecule has 15 heavy (non-hydrogen) atoms. The topological polar surface area (TPSA) is 55.8 Å². The van der Waals surface area contributed by atoms with Crippen molar-refractivity contribution in [1.29, 1.82) is 0 Å². The van der Waals surface area contributed by atoms with Crippen LogP contribution in [0, 0.1) is 0 Å². The van der Waals surface area contributed by atoms with Crippen LogP contribution in [0.1, 0.15) is 11.7 Å². The molecule has 0 amide bonds. The lowest BCUT2D eigenvalue weighted by molar-refractivity contribution is 0.184. The van der Waals surface area contributed by atoms with Gasteiger partial charge in [-0.1, -0.05) is 30.3 Å². The molecule has 0 aliphatic carbocycles. The van der Waals surface area contributed by atoms with Crippen LogP contribution in [-0.2, 0) is 13.6 Å². The Morgan fingerprint density at radius 3 is 2.27 bits per heavy atom. The van der Waals surface area contributed by atoms with Gasteiger partial charge in [0.1, 0.15) is 0 Å². The average Bonchev–Trinajstić information content (AvgIpc) is 2.30. The van der Waals surface area contributed by atoms with Gasteiger partial charge in [-0.05, 0) is 5.56 Å². The first-order valence-corrected chi connectivity index (χ1v) is 6.27. The summed E-state index contributed by atoms with van der Waals surface area (Å²) in [6.45, 7) is 0. The van der Waals surface area contributed by atoms with Crippen molar-refractivity contribution in [3.63, 3.8) is 0 Å². The van der Waals surface area contributed by atoms with Crippen molar-refractivity contribution in [2.45, 2.75) is 6.10 Å². The minimum Gasteiger partial charge on any atom is -0.388 e. The molecular formula is C10H15O4P. The van der Waals surface area contributed by atoms with Crippen molar-refractivity contribution in [2.75, 3.05) is 20.4 Å². The van der Waals surface area contributed by atoms with Gasteiger partial charge in [0.25, 0.3) is 0 Å². The number of aliphatic hydroxyl groups is 1. The second-order valence-electron chi connectivity index (χ2n) is 3.09. The molecule has 1 aromatic carbocycles. The lowest BCUT2D eigenvalue weighted by atomic mass is 10.1. The summed E-state index contributed by atoms with van der Waals surface area (Å²) in [7, 11) is -0.538. The van der Waals surface area contributed by atoms with Crippen LogP contribution >= 0.6 is 7.60 Å². The van der Waals surface area contributed by atoms with Crippen LogP contribution in [-0.4, -0.2) is 25.5 Å². The molecule has 0 unspecified atom stereocenters. The van der Waals surface area contributed by atoms with Crippen LogP contribution in [0.2, 0.25) is 0 Å². The third-order valence-electron chi connectivity index (χ3n) is 2.14. The minimum absolute atomic E-state index is 0.0377. The zero-order chi connectivity index (χ0) is 11.3. The number of benzene rings is 1. The third-order valence-corrected chi connectivity index (χ3v) is 4.04. The summed E-state index contributed by atoms with van der Waals surface area (Å²) in [4.78, 5) is 0. The molecule has 0 spiro atoms. The molecule has 0 radical (unpaired) electrons. The molecule has 0 aliphatic heterocycles. The normalized spacial score (nSPS) is 13.8. The van der Waals surface area contributed by atoms with Gasteiger partial charge in [0, 0.05) is 14.2 Å². The number of hydrogen-bond acceptors (Lipinski definition) is 4. The lowest BCUT2D eigenvalue weighted by Crippen LogP contribution is -2.06. The van der Waals surface area contributed by atoms with Crippen LogP contribution in [0.3, 0.4) is 0 Å². The van der Waals surface area contributed by atoms with E-state index < -0.39 is 13.7 Å². The molecule has 1 N–H and O–H groups in total. The maximum absolute atomic E-state index is 11.7. The van der Waals surface area contributed by atoms with E-state index in [1.165, 1.54) is 14.2 Å². The quantitative estimate of drug-likeness (QED) is 0.788. The van der Waals surface area contributed by atoms with Crippen molar-refractivity contribution in [3.05, 3.63) is 35.9 Å². The van der Waals surface area contributed by atoms with Crippen LogP contribution < -0.4 is 0 Å². The molecule has 1 rings (SSSR count). The molecule has 4 nitrogen and oxygen atoms in total. The molecular weight excluding hydrogens is 215 g/mol. The van der Waals surface area contributed by atoms with E-state index in [9.17, 15) is 9.67 Å². The van der Waals surface area contributed by atoms with Gasteiger partial charge in [-0.15, -0.1) is 0 Å². The minimum atomic E-state index is -3.15. The molecule has 0 aliphatic rings. The van der Waals surface area contributed by atoms with E-state index in [1.54, 1.807) is 12.1 Å². The van der Waals surface area contributed by atoms with Crippen LogP contribution in [0.5, 0.6) is 0 Å². The van der Waals surface area contributed by atoms with Gasteiger partial charge in [0.2, 0.25) is 0 Å². The number of hydrogen-bond donors (Lipinski definition) is 1. The van der Waals surface area contributed by atoms with Gasteiger partial charge < -0.3 is 14.2 Å². The van der Waals surface area contributed by atoms with Crippen LogP contribution in [0.4, 0.5) is 0 Å². The molecule has 0 bridgehead atoms. The highest BCUT2D eigenvalue weighted by molar-refractivity contribution is 7.53. The van der Waals surface area contributed by atoms with E-state index in [-0.39, 0.29) is 6.16 Å². The van der Waals surface area contributed by atoms with Crippen molar-refractivity contribution in [1.82, 2.24) is 0 Å². The first kappa shape index (κ1) is 12.4. The molecule has 0 heterocycles. The van der Waals surface area contributed by atoms with Gasteiger partial charge in [0.15, 0.2) is 0 Å². The summed E-state index contributed by atoms with van der Waals surface area (Å²) in [5.41, 5.74) is 0.701. The SMILES string of the molecule is COP(=O)(C[C@H](O)c1ccccc1)OC. The monoisotopic (exact) mass is 230 g/mol. The zero-order valence-corrected chi connectivity index (χ0v) is 9.68. The van der Waals surface area contributed by atoms with E-state index in [1.807, 2.05) is 18.2 Å². The first-order valence-electron chi connectivity index (χ1n) is 4.55. The smallest absolute Gasteiger partial charge is 0.333 e. The second-order valence-corrected chi connectivity index (χ2v) is 5.40. The molecule has 1 atom stereocenters. The Morgan fingerprint density at radius 2 is 1.80 bits per heavy atom. The zero-order valence-electron chi connectivity index (χ0n) is 8.79. The maximum atomic E-state index is 11.7. The predicted molar refractivity (Wildman–Crippen MR) is 57.9 cm³/mol. The number of aliphatic hydroxyl groups excluding tert-OH is 1. The maximum Gasteiger partial charge on any atom is 0.333 e. The van der Waals surface area contributed by atoms with Gasteiger partial charge >= 0.3 is 7.60 Å². The Morgan fingerprint density at radius 1 is 1.27 bits per heavy atom. The number of rotatable bonds is 5. The highest BCUT2D eigenvalue weighted by Crippen LogP contribution is 2.49. The highest BCUT2D eigenvalue weighted by Gasteiger charge is 2.26. The standard InChI is InChI=1S/C10H15O4P/c1-13-15(12,14-2)8-10(11)9-6-4-3-5-7-9/h3-7,10-11H,8H2,1-2H3/t10-/m0/s1. The van der Waals surface area contributed by atoms with Gasteiger partial charge in [-0.2, -0.15) is 0 Å². The van der Waals surface area contributed by atoms with Crippen molar-refractivity contribution >= 4 is 7.60 Å². The third kappa shape index (κ3) is 3.43. The van der Waals surface area contributed by atoms with E-state index >= 15 is 0 Å². The van der Waals surface area contributed by atoms with Gasteiger partial charge in [-0.3, -0.25) is 4.57 Å². The summed E-state index contributed by atoms with van der Waals surface area (Å²) >= 11 is 0. The van der Waals surface area contributed by atoms with Crippen molar-refractivity contribution in [3.8, 4) is 0 Å². The molecule has 0 saturated carbocycles. The summed E-state index contributed by atoms with van der Waals surface area (Å²) < 4.78 is 21.2. The summed E-state index contributed by atoms with van der Waals surface area (Å²) in [6, 6.07) is 9.00. The van der Waals surface area contributed by atoms with Gasteiger partial charge in [-0.25, -0.2) is 0 Å². The Balaban J connectivity index is 2.71. The molecule has 1 aromatic rings. The van der Waals surface area contributed by atoms with Crippen LogP contribution in [0.25, 0.3) is 0 Å². The van der Waals surface area contributed by atoms with Gasteiger partial charge in [0.05, 0.1) is 12.3 Å². The molecule has 5 heteroatoms. The molecule has 0 aromatic heterocycles. The van der Waals surface area contributed by atoms with Crippen LogP contribution in [0.15, 0.2) is 30.3 Å².